The van der Waals surface area contributed by atoms with Crippen molar-refractivity contribution in [2.75, 3.05) is 0 Å². The average molecular weight is 491 g/mol. The van der Waals surface area contributed by atoms with Crippen LogP contribution in [0.25, 0.3) is 0 Å². The van der Waals surface area contributed by atoms with Gasteiger partial charge in [-0.3, -0.25) is 0 Å². The van der Waals surface area contributed by atoms with Gasteiger partial charge in [0.25, 0.3) is 0 Å². The first kappa shape index (κ1) is 28.2. The average Bonchev–Trinajstić information content (AvgIpc) is 2.61. The predicted octanol–water partition coefficient (Wildman–Crippen LogP) is 9.54. The molecule has 192 valence electrons. The summed E-state index contributed by atoms with van der Waals surface area (Å²) in [6.07, 6.45) is 4.89. The molecule has 0 amide bonds. The van der Waals surface area contributed by atoms with Gasteiger partial charge in [0, 0.05) is 5.92 Å². The van der Waals surface area contributed by atoms with E-state index in [1.807, 2.05) is 0 Å². The zero-order chi connectivity index (χ0) is 26.7. The van der Waals surface area contributed by atoms with Crippen molar-refractivity contribution in [2.45, 2.75) is 130 Å². The van der Waals surface area contributed by atoms with Crippen molar-refractivity contribution in [1.82, 2.24) is 0 Å². The molecular weight excluding hydrogens is 439 g/mol. The third-order valence-corrected chi connectivity index (χ3v) is 8.36. The minimum atomic E-state index is 0.0893. The molecule has 3 rings (SSSR count). The predicted molar refractivity (Wildman–Crippen MR) is 161 cm³/mol. The second-order valence-electron chi connectivity index (χ2n) is 15.0. The highest BCUT2D eigenvalue weighted by molar-refractivity contribution is 7.27. The van der Waals surface area contributed by atoms with Crippen LogP contribution in [-0.4, -0.2) is 0 Å². The lowest BCUT2D eigenvalue weighted by Crippen LogP contribution is -2.28. The Morgan fingerprint density at radius 2 is 0.914 bits per heavy atom. The first-order valence-electron chi connectivity index (χ1n) is 13.5. The SMILES string of the molecule is Cc1c(C(C)(C)C)cc(C(C2=CCC2)c2cc(C(C)(C)C)c(P)c(C(C)(C)C)c2)cc1C(C)(C)C. The first-order valence-corrected chi connectivity index (χ1v) is 14.1. The number of hydrogen-bond acceptors (Lipinski definition) is 0. The third kappa shape index (κ3) is 5.80. The summed E-state index contributed by atoms with van der Waals surface area (Å²) in [4.78, 5) is 0. The topological polar surface area (TPSA) is 0 Å². The lowest BCUT2D eigenvalue weighted by atomic mass is 9.70. The number of rotatable bonds is 3. The van der Waals surface area contributed by atoms with E-state index in [1.54, 1.807) is 5.57 Å². The molecule has 0 fully saturated rings. The summed E-state index contributed by atoms with van der Waals surface area (Å²) in [7, 11) is 3.09. The van der Waals surface area contributed by atoms with E-state index in [0.29, 0.717) is 5.92 Å². The standard InChI is InChI=1S/C34H51P/c1-21-25(31(2,3)4)17-23(18-26(21)32(5,6)7)29(22-15-14-16-22)24-19-27(33(8,9)10)30(35)28(20-24)34(11,12)13/h15,17-20,29H,14,16,35H2,1-13H3. The highest BCUT2D eigenvalue weighted by atomic mass is 31.0. The molecule has 0 nitrogen and oxygen atoms in total. The summed E-state index contributed by atoms with van der Waals surface area (Å²) < 4.78 is 0. The van der Waals surface area contributed by atoms with Crippen LogP contribution < -0.4 is 5.30 Å². The molecule has 1 heteroatoms. The molecule has 1 aliphatic carbocycles. The minimum absolute atomic E-state index is 0.0893. The van der Waals surface area contributed by atoms with Crippen LogP contribution in [-0.2, 0) is 21.7 Å². The zero-order valence-corrected chi connectivity index (χ0v) is 26.1. The van der Waals surface area contributed by atoms with Gasteiger partial charge >= 0.3 is 0 Å². The summed E-state index contributed by atoms with van der Waals surface area (Å²) in [6, 6.07) is 10.1. The number of hydrogen-bond donors (Lipinski definition) is 0. The second-order valence-corrected chi connectivity index (χ2v) is 15.6. The van der Waals surface area contributed by atoms with E-state index < -0.39 is 0 Å². The molecule has 0 bridgehead atoms. The normalized spacial score (nSPS) is 16.1. The molecule has 35 heavy (non-hydrogen) atoms. The van der Waals surface area contributed by atoms with E-state index in [9.17, 15) is 0 Å². The van der Waals surface area contributed by atoms with Crippen molar-refractivity contribution < 1.29 is 0 Å². The Hall–Kier alpha value is -1.39. The molecule has 2 aromatic carbocycles. The summed E-state index contributed by atoms with van der Waals surface area (Å²) in [6.45, 7) is 30.6. The van der Waals surface area contributed by atoms with Crippen molar-refractivity contribution in [3.63, 3.8) is 0 Å². The molecule has 0 spiro atoms. The lowest BCUT2D eigenvalue weighted by molar-refractivity contribution is 0.558. The Kier molecular flexibility index (Phi) is 7.38. The molecular formula is C34H51P. The maximum Gasteiger partial charge on any atom is 0.0299 e. The van der Waals surface area contributed by atoms with Crippen molar-refractivity contribution in [3.05, 3.63) is 74.9 Å². The van der Waals surface area contributed by atoms with Crippen LogP contribution >= 0.6 is 9.24 Å². The van der Waals surface area contributed by atoms with Crippen LogP contribution in [0.3, 0.4) is 0 Å². The molecule has 0 saturated carbocycles. The van der Waals surface area contributed by atoms with Gasteiger partial charge < -0.3 is 0 Å². The fourth-order valence-electron chi connectivity index (χ4n) is 5.74. The van der Waals surface area contributed by atoms with Gasteiger partial charge in [0.15, 0.2) is 0 Å². The van der Waals surface area contributed by atoms with E-state index in [-0.39, 0.29) is 21.7 Å². The van der Waals surface area contributed by atoms with Gasteiger partial charge in [0.05, 0.1) is 0 Å². The van der Waals surface area contributed by atoms with Crippen molar-refractivity contribution in [3.8, 4) is 0 Å². The van der Waals surface area contributed by atoms with E-state index >= 15 is 0 Å². The maximum absolute atomic E-state index is 3.09. The Balaban J connectivity index is 2.40. The molecule has 0 saturated heterocycles. The van der Waals surface area contributed by atoms with E-state index in [0.717, 1.165) is 0 Å². The van der Waals surface area contributed by atoms with Gasteiger partial charge in [-0.25, -0.2) is 0 Å². The van der Waals surface area contributed by atoms with E-state index in [4.69, 9.17) is 0 Å². The van der Waals surface area contributed by atoms with Crippen LogP contribution in [0.2, 0.25) is 0 Å². The lowest BCUT2D eigenvalue weighted by Gasteiger charge is -2.35. The Bertz CT molecular complexity index is 980. The molecule has 0 N–H and O–H groups in total. The van der Waals surface area contributed by atoms with E-state index in [2.05, 4.69) is 130 Å². The molecule has 2 aromatic rings. The molecule has 0 aromatic heterocycles. The summed E-state index contributed by atoms with van der Waals surface area (Å²) in [5.41, 5.74) is 12.2. The van der Waals surface area contributed by atoms with Crippen molar-refractivity contribution in [2.24, 2.45) is 0 Å². The first-order chi connectivity index (χ1) is 15.7. The number of benzene rings is 2. The van der Waals surface area contributed by atoms with Gasteiger partial charge in [-0.1, -0.05) is 119 Å². The number of allylic oxidation sites excluding steroid dienone is 2. The molecule has 2 unspecified atom stereocenters. The van der Waals surface area contributed by atoms with E-state index in [1.165, 1.54) is 57.1 Å². The largest absolute Gasteiger partial charge is 0.105 e. The maximum atomic E-state index is 3.09. The van der Waals surface area contributed by atoms with Crippen molar-refractivity contribution in [1.29, 1.82) is 0 Å². The summed E-state index contributed by atoms with van der Waals surface area (Å²) >= 11 is 0. The highest BCUT2D eigenvalue weighted by Crippen LogP contribution is 2.45. The quantitative estimate of drug-likeness (QED) is 0.297. The van der Waals surface area contributed by atoms with Crippen LogP contribution in [0.1, 0.15) is 141 Å². The van der Waals surface area contributed by atoms with Crippen LogP contribution in [0.15, 0.2) is 35.9 Å². The third-order valence-electron chi connectivity index (χ3n) is 7.74. The van der Waals surface area contributed by atoms with Gasteiger partial charge in [-0.05, 0) is 85.7 Å². The molecule has 0 radical (unpaired) electrons. The fraction of sp³-hybridized carbons (Fsp3) is 0.588. The van der Waals surface area contributed by atoms with Gasteiger partial charge in [-0.15, -0.1) is 9.24 Å². The summed E-state index contributed by atoms with van der Waals surface area (Å²) in [5.74, 6) is 0.319. The van der Waals surface area contributed by atoms with Crippen molar-refractivity contribution >= 4 is 14.5 Å². The molecule has 0 aliphatic heterocycles. The minimum Gasteiger partial charge on any atom is -0.105 e. The van der Waals surface area contributed by atoms with Crippen LogP contribution in [0.5, 0.6) is 0 Å². The van der Waals surface area contributed by atoms with Crippen LogP contribution in [0, 0.1) is 6.92 Å². The molecule has 2 atom stereocenters. The highest BCUT2D eigenvalue weighted by Gasteiger charge is 2.32. The zero-order valence-electron chi connectivity index (χ0n) is 25.0. The van der Waals surface area contributed by atoms with Gasteiger partial charge in [0.1, 0.15) is 0 Å². The Morgan fingerprint density at radius 1 is 0.600 bits per heavy atom. The van der Waals surface area contributed by atoms with Gasteiger partial charge in [-0.2, -0.15) is 0 Å². The molecule has 1 aliphatic rings. The van der Waals surface area contributed by atoms with Gasteiger partial charge in [0.2, 0.25) is 0 Å². The second kappa shape index (κ2) is 9.17. The molecule has 0 heterocycles. The fourth-order valence-corrected chi connectivity index (χ4v) is 6.77. The van der Waals surface area contributed by atoms with Crippen LogP contribution in [0.4, 0.5) is 0 Å². The smallest absolute Gasteiger partial charge is 0.0299 e. The summed E-state index contributed by atoms with van der Waals surface area (Å²) in [5, 5.41) is 1.38. The Morgan fingerprint density at radius 3 is 1.17 bits per heavy atom. The monoisotopic (exact) mass is 490 g/mol. The Labute approximate surface area is 219 Å².